The molecule has 7 heteroatoms. The van der Waals surface area contributed by atoms with Crippen molar-refractivity contribution in [2.24, 2.45) is 0 Å². The topological polar surface area (TPSA) is 75.7 Å². The molecule has 0 aliphatic heterocycles. The largest absolute Gasteiger partial charge is 0.495 e. The molecule has 0 heterocycles. The van der Waals surface area contributed by atoms with Crippen molar-refractivity contribution in [1.82, 2.24) is 5.32 Å². The van der Waals surface area contributed by atoms with Crippen LogP contribution in [-0.4, -0.2) is 34.0 Å². The van der Waals surface area contributed by atoms with Gasteiger partial charge in [0.05, 0.1) is 17.7 Å². The maximum Gasteiger partial charge on any atom is 0.264 e. The van der Waals surface area contributed by atoms with Gasteiger partial charge in [0, 0.05) is 6.04 Å². The minimum atomic E-state index is -3.93. The van der Waals surface area contributed by atoms with E-state index in [0.29, 0.717) is 11.4 Å². The Balaban J connectivity index is 2.47. The summed E-state index contributed by atoms with van der Waals surface area (Å²) in [6, 6.07) is 14.7. The van der Waals surface area contributed by atoms with Crippen molar-refractivity contribution in [3.63, 3.8) is 0 Å². The van der Waals surface area contributed by atoms with Gasteiger partial charge in [0.15, 0.2) is 0 Å². The Bertz CT molecular complexity index is 838. The number of amides is 1. The van der Waals surface area contributed by atoms with Crippen LogP contribution in [0.5, 0.6) is 5.75 Å². The molecule has 2 rings (SSSR count). The number of para-hydroxylation sites is 2. The summed E-state index contributed by atoms with van der Waals surface area (Å²) in [5, 5.41) is 2.80. The molecule has 0 fully saturated rings. The van der Waals surface area contributed by atoms with E-state index in [9.17, 15) is 13.2 Å². The second kappa shape index (κ2) is 8.71. The minimum absolute atomic E-state index is 0.0403. The van der Waals surface area contributed by atoms with Crippen molar-refractivity contribution in [3.8, 4) is 5.75 Å². The van der Waals surface area contributed by atoms with E-state index in [-0.39, 0.29) is 23.4 Å². The van der Waals surface area contributed by atoms with E-state index in [4.69, 9.17) is 4.74 Å². The molecule has 0 radical (unpaired) electrons. The predicted molar refractivity (Wildman–Crippen MR) is 102 cm³/mol. The van der Waals surface area contributed by atoms with Crippen LogP contribution in [0, 0.1) is 0 Å². The Morgan fingerprint density at radius 2 is 1.73 bits per heavy atom. The first-order chi connectivity index (χ1) is 12.4. The number of ether oxygens (including phenoxy) is 1. The Hall–Kier alpha value is -2.54. The highest BCUT2D eigenvalue weighted by molar-refractivity contribution is 7.92. The van der Waals surface area contributed by atoms with Gasteiger partial charge in [-0.15, -0.1) is 0 Å². The minimum Gasteiger partial charge on any atom is -0.495 e. The Labute approximate surface area is 154 Å². The lowest BCUT2D eigenvalue weighted by Gasteiger charge is -2.26. The van der Waals surface area contributed by atoms with Crippen molar-refractivity contribution < 1.29 is 17.9 Å². The molecule has 1 unspecified atom stereocenters. The van der Waals surface area contributed by atoms with Crippen LogP contribution in [-0.2, 0) is 14.8 Å². The second-order valence-corrected chi connectivity index (χ2v) is 7.74. The number of nitrogens with zero attached hydrogens (tertiary/aromatic N) is 1. The van der Waals surface area contributed by atoms with Crippen LogP contribution in [0.2, 0.25) is 0 Å². The summed E-state index contributed by atoms with van der Waals surface area (Å²) >= 11 is 0. The molecule has 2 aromatic rings. The van der Waals surface area contributed by atoms with Gasteiger partial charge in [0.1, 0.15) is 12.3 Å². The van der Waals surface area contributed by atoms with E-state index >= 15 is 0 Å². The lowest BCUT2D eigenvalue weighted by atomic mass is 10.2. The number of carbonyl (C=O) groups is 1. The number of sulfonamides is 1. The summed E-state index contributed by atoms with van der Waals surface area (Å²) in [6.45, 7) is 3.49. The quantitative estimate of drug-likeness (QED) is 0.769. The number of hydrogen-bond donors (Lipinski definition) is 1. The summed E-state index contributed by atoms with van der Waals surface area (Å²) in [5.74, 6) is 0.00751. The van der Waals surface area contributed by atoms with Gasteiger partial charge in [-0.25, -0.2) is 8.42 Å². The van der Waals surface area contributed by atoms with E-state index in [1.165, 1.54) is 19.2 Å². The van der Waals surface area contributed by atoms with Crippen LogP contribution in [0.4, 0.5) is 5.69 Å². The first-order valence-electron chi connectivity index (χ1n) is 8.40. The molecule has 0 saturated carbocycles. The molecule has 0 bridgehead atoms. The summed E-state index contributed by atoms with van der Waals surface area (Å²) < 4.78 is 32.7. The van der Waals surface area contributed by atoms with Gasteiger partial charge in [-0.3, -0.25) is 9.10 Å². The van der Waals surface area contributed by atoms with Gasteiger partial charge in [0.2, 0.25) is 5.91 Å². The van der Waals surface area contributed by atoms with Gasteiger partial charge in [0.25, 0.3) is 10.0 Å². The molecule has 6 nitrogen and oxygen atoms in total. The molecule has 0 aliphatic rings. The Morgan fingerprint density at radius 3 is 2.35 bits per heavy atom. The van der Waals surface area contributed by atoms with Gasteiger partial charge in [-0.2, -0.15) is 0 Å². The monoisotopic (exact) mass is 376 g/mol. The molecule has 0 saturated heterocycles. The van der Waals surface area contributed by atoms with Gasteiger partial charge >= 0.3 is 0 Å². The fourth-order valence-corrected chi connectivity index (χ4v) is 3.86. The molecule has 26 heavy (non-hydrogen) atoms. The summed E-state index contributed by atoms with van der Waals surface area (Å²) in [6.07, 6.45) is 0.756. The summed E-state index contributed by atoms with van der Waals surface area (Å²) in [7, 11) is -2.47. The second-order valence-electron chi connectivity index (χ2n) is 5.87. The molecule has 140 valence electrons. The fraction of sp³-hybridized carbons (Fsp3) is 0.316. The highest BCUT2D eigenvalue weighted by Gasteiger charge is 2.29. The average Bonchev–Trinajstić information content (AvgIpc) is 2.66. The number of carbonyl (C=O) groups excluding carboxylic acids is 1. The Kier molecular flexibility index (Phi) is 6.63. The van der Waals surface area contributed by atoms with Gasteiger partial charge in [-0.1, -0.05) is 37.3 Å². The van der Waals surface area contributed by atoms with Crippen molar-refractivity contribution in [3.05, 3.63) is 54.6 Å². The third-order valence-electron chi connectivity index (χ3n) is 3.99. The van der Waals surface area contributed by atoms with Crippen molar-refractivity contribution in [1.29, 1.82) is 0 Å². The first kappa shape index (κ1) is 19.8. The number of nitrogens with one attached hydrogen (secondary N) is 1. The molecule has 0 spiro atoms. The highest BCUT2D eigenvalue weighted by atomic mass is 32.2. The number of hydrogen-bond acceptors (Lipinski definition) is 4. The summed E-state index contributed by atoms with van der Waals surface area (Å²) in [4.78, 5) is 12.5. The zero-order chi connectivity index (χ0) is 19.2. The summed E-state index contributed by atoms with van der Waals surface area (Å²) in [5.41, 5.74) is 0.318. The molecule has 0 aliphatic carbocycles. The molecular formula is C19H24N2O4S. The van der Waals surface area contributed by atoms with Gasteiger partial charge < -0.3 is 10.1 Å². The van der Waals surface area contributed by atoms with E-state index < -0.39 is 10.0 Å². The molecule has 1 atom stereocenters. The fourth-order valence-electron chi connectivity index (χ4n) is 2.41. The lowest BCUT2D eigenvalue weighted by Crippen LogP contribution is -2.43. The smallest absolute Gasteiger partial charge is 0.264 e. The normalized spacial score (nSPS) is 12.3. The number of methoxy groups -OCH3 is 1. The maximum atomic E-state index is 13.2. The molecule has 1 N–H and O–H groups in total. The van der Waals surface area contributed by atoms with Gasteiger partial charge in [-0.05, 0) is 37.6 Å². The van der Waals surface area contributed by atoms with Crippen molar-refractivity contribution in [2.45, 2.75) is 31.2 Å². The van der Waals surface area contributed by atoms with Crippen LogP contribution in [0.15, 0.2) is 59.5 Å². The molecular weight excluding hydrogens is 352 g/mol. The number of rotatable bonds is 8. The third kappa shape index (κ3) is 4.54. The molecule has 2 aromatic carbocycles. The Morgan fingerprint density at radius 1 is 1.12 bits per heavy atom. The zero-order valence-corrected chi connectivity index (χ0v) is 16.0. The van der Waals surface area contributed by atoms with Crippen LogP contribution < -0.4 is 14.4 Å². The van der Waals surface area contributed by atoms with Crippen molar-refractivity contribution >= 4 is 21.6 Å². The maximum absolute atomic E-state index is 13.2. The van der Waals surface area contributed by atoms with Crippen LogP contribution >= 0.6 is 0 Å². The van der Waals surface area contributed by atoms with E-state index in [1.807, 2.05) is 13.8 Å². The van der Waals surface area contributed by atoms with Crippen LogP contribution in [0.3, 0.4) is 0 Å². The lowest BCUT2D eigenvalue weighted by molar-refractivity contribution is -0.120. The first-order valence-corrected chi connectivity index (χ1v) is 9.84. The SMILES string of the molecule is CCC(C)NC(=O)CN(c1ccccc1OC)S(=O)(=O)c1ccccc1. The van der Waals surface area contributed by atoms with Crippen LogP contribution in [0.25, 0.3) is 0 Å². The number of anilines is 1. The zero-order valence-electron chi connectivity index (χ0n) is 15.2. The van der Waals surface area contributed by atoms with Crippen LogP contribution in [0.1, 0.15) is 20.3 Å². The predicted octanol–water partition coefficient (Wildman–Crippen LogP) is 2.81. The molecule has 1 amide bonds. The van der Waals surface area contributed by atoms with Crippen molar-refractivity contribution in [2.75, 3.05) is 18.0 Å². The standard InChI is InChI=1S/C19H24N2O4S/c1-4-15(2)20-19(22)14-21(17-12-8-9-13-18(17)25-3)26(23,24)16-10-6-5-7-11-16/h5-13,15H,4,14H2,1-3H3,(H,20,22). The molecule has 0 aromatic heterocycles. The van der Waals surface area contributed by atoms with E-state index in [0.717, 1.165) is 10.7 Å². The van der Waals surface area contributed by atoms with E-state index in [2.05, 4.69) is 5.32 Å². The van der Waals surface area contributed by atoms with E-state index in [1.54, 1.807) is 42.5 Å². The highest BCUT2D eigenvalue weighted by Crippen LogP contribution is 2.31. The average molecular weight is 376 g/mol. The number of benzene rings is 2. The third-order valence-corrected chi connectivity index (χ3v) is 5.77.